The zero-order valence-corrected chi connectivity index (χ0v) is 15.9. The molecule has 2 rings (SSSR count). The third-order valence-electron chi connectivity index (χ3n) is 3.46. The number of oxime groups is 1. The molecule has 1 aliphatic heterocycles. The van der Waals surface area contributed by atoms with E-state index < -0.39 is 27.9 Å². The lowest BCUT2D eigenvalue weighted by Gasteiger charge is -2.14. The van der Waals surface area contributed by atoms with E-state index in [1.54, 1.807) is 0 Å². The van der Waals surface area contributed by atoms with Crippen molar-refractivity contribution >= 4 is 43.5 Å². The van der Waals surface area contributed by atoms with Crippen LogP contribution in [-0.4, -0.2) is 57.0 Å². The maximum absolute atomic E-state index is 12.3. The number of sulfonamides is 1. The first-order valence-electron chi connectivity index (χ1n) is 7.15. The van der Waals surface area contributed by atoms with E-state index in [-0.39, 0.29) is 29.1 Å². The van der Waals surface area contributed by atoms with Gasteiger partial charge in [0.05, 0.1) is 11.4 Å². The summed E-state index contributed by atoms with van der Waals surface area (Å²) in [5.74, 6) is -1.14. The molecule has 1 atom stereocenters. The Balaban J connectivity index is 2.07. The van der Waals surface area contributed by atoms with E-state index in [4.69, 9.17) is 10.6 Å². The van der Waals surface area contributed by atoms with Gasteiger partial charge in [-0.05, 0) is 34.1 Å². The van der Waals surface area contributed by atoms with Crippen molar-refractivity contribution in [1.29, 1.82) is 0 Å². The van der Waals surface area contributed by atoms with Crippen molar-refractivity contribution in [3.05, 3.63) is 28.2 Å². The Kier molecular flexibility index (Phi) is 5.80. The first kappa shape index (κ1) is 19.3. The van der Waals surface area contributed by atoms with E-state index in [1.807, 2.05) is 0 Å². The Labute approximate surface area is 153 Å². The van der Waals surface area contributed by atoms with Crippen LogP contribution in [0.4, 0.5) is 0 Å². The Morgan fingerprint density at radius 1 is 1.44 bits per heavy atom. The van der Waals surface area contributed by atoms with Crippen LogP contribution in [0.5, 0.6) is 0 Å². The number of primary amides is 1. The quantitative estimate of drug-likeness (QED) is 0.655. The van der Waals surface area contributed by atoms with Crippen molar-refractivity contribution in [2.24, 2.45) is 10.9 Å². The average Bonchev–Trinajstić information content (AvgIpc) is 3.02. The largest absolute Gasteiger partial charge is 0.390 e. The monoisotopic (exact) mass is 432 g/mol. The standard InChI is InChI=1S/C14H17BrN4O5S/c1-19(2)25(22,23)12-5-8(3-4-10(12)15)14(21)17-7-9-6-11(13(16)20)18-24-9/h3-5,9H,6-7H2,1-2H3,(H2,16,20)(H,17,21)/t9-/m0/s1. The van der Waals surface area contributed by atoms with Crippen molar-refractivity contribution in [1.82, 2.24) is 9.62 Å². The number of rotatable bonds is 6. The zero-order chi connectivity index (χ0) is 18.8. The van der Waals surface area contributed by atoms with Gasteiger partial charge in [0.15, 0.2) is 6.10 Å². The van der Waals surface area contributed by atoms with Gasteiger partial charge in [-0.15, -0.1) is 0 Å². The topological polar surface area (TPSA) is 131 Å². The molecule has 0 spiro atoms. The Bertz CT molecular complexity index is 838. The fraction of sp³-hybridized carbons (Fsp3) is 0.357. The fourth-order valence-electron chi connectivity index (χ4n) is 2.03. The molecule has 11 heteroatoms. The smallest absolute Gasteiger partial charge is 0.266 e. The summed E-state index contributed by atoms with van der Waals surface area (Å²) < 4.78 is 26.0. The molecule has 1 aliphatic rings. The molecule has 1 aromatic carbocycles. The molecular formula is C14H17BrN4O5S. The molecule has 2 amide bonds. The van der Waals surface area contributed by atoms with E-state index >= 15 is 0 Å². The fourth-order valence-corrected chi connectivity index (χ4v) is 3.87. The van der Waals surface area contributed by atoms with Crippen LogP contribution in [0, 0.1) is 0 Å². The SMILES string of the molecule is CN(C)S(=O)(=O)c1cc(C(=O)NC[C@@H]2CC(C(N)=O)=NO2)ccc1Br. The van der Waals surface area contributed by atoms with Gasteiger partial charge in [0.25, 0.3) is 11.8 Å². The van der Waals surface area contributed by atoms with Crippen LogP contribution in [0.15, 0.2) is 32.7 Å². The molecule has 0 aliphatic carbocycles. The number of hydrogen-bond donors (Lipinski definition) is 2. The van der Waals surface area contributed by atoms with Crippen LogP contribution in [-0.2, 0) is 19.7 Å². The summed E-state index contributed by atoms with van der Waals surface area (Å²) in [6.45, 7) is 0.102. The van der Waals surface area contributed by atoms with Crippen molar-refractivity contribution in [2.45, 2.75) is 17.4 Å². The number of hydrogen-bond acceptors (Lipinski definition) is 6. The van der Waals surface area contributed by atoms with Gasteiger partial charge >= 0.3 is 0 Å². The summed E-state index contributed by atoms with van der Waals surface area (Å²) in [4.78, 5) is 28.2. The Hall–Kier alpha value is -1.98. The van der Waals surface area contributed by atoms with Gasteiger partial charge in [0.2, 0.25) is 10.0 Å². The molecule has 9 nitrogen and oxygen atoms in total. The minimum atomic E-state index is -3.70. The lowest BCUT2D eigenvalue weighted by molar-refractivity contribution is -0.112. The molecule has 0 saturated heterocycles. The molecule has 0 saturated carbocycles. The predicted octanol–water partition coefficient (Wildman–Crippen LogP) is 0.0594. The van der Waals surface area contributed by atoms with Gasteiger partial charge in [-0.2, -0.15) is 0 Å². The molecule has 0 radical (unpaired) electrons. The van der Waals surface area contributed by atoms with Gasteiger partial charge in [-0.25, -0.2) is 12.7 Å². The second-order valence-electron chi connectivity index (χ2n) is 5.48. The number of carbonyl (C=O) groups is 2. The summed E-state index contributed by atoms with van der Waals surface area (Å²) in [6.07, 6.45) is -0.289. The zero-order valence-electron chi connectivity index (χ0n) is 13.5. The van der Waals surface area contributed by atoms with E-state index in [1.165, 1.54) is 32.3 Å². The number of nitrogens with two attached hydrogens (primary N) is 1. The lowest BCUT2D eigenvalue weighted by atomic mass is 10.1. The van der Waals surface area contributed by atoms with Crippen molar-refractivity contribution in [3.8, 4) is 0 Å². The summed E-state index contributed by atoms with van der Waals surface area (Å²) in [5, 5.41) is 6.16. The van der Waals surface area contributed by atoms with Crippen molar-refractivity contribution < 1.29 is 22.8 Å². The molecule has 0 aromatic heterocycles. The predicted molar refractivity (Wildman–Crippen MR) is 93.5 cm³/mol. The first-order chi connectivity index (χ1) is 11.6. The third-order valence-corrected chi connectivity index (χ3v) is 6.27. The number of amides is 2. The minimum absolute atomic E-state index is 0.0124. The average molecular weight is 433 g/mol. The molecule has 1 heterocycles. The van der Waals surface area contributed by atoms with E-state index in [0.717, 1.165) is 4.31 Å². The van der Waals surface area contributed by atoms with Crippen LogP contribution in [0.2, 0.25) is 0 Å². The molecule has 0 bridgehead atoms. The highest BCUT2D eigenvalue weighted by Gasteiger charge is 2.26. The Morgan fingerprint density at radius 3 is 2.68 bits per heavy atom. The molecule has 25 heavy (non-hydrogen) atoms. The van der Waals surface area contributed by atoms with Crippen molar-refractivity contribution in [2.75, 3.05) is 20.6 Å². The second-order valence-corrected chi connectivity index (χ2v) is 8.45. The number of carbonyl (C=O) groups excluding carboxylic acids is 2. The summed E-state index contributed by atoms with van der Waals surface area (Å²) in [6, 6.07) is 4.27. The highest BCUT2D eigenvalue weighted by atomic mass is 79.9. The highest BCUT2D eigenvalue weighted by Crippen LogP contribution is 2.25. The van der Waals surface area contributed by atoms with Gasteiger partial charge in [-0.1, -0.05) is 5.16 Å². The first-order valence-corrected chi connectivity index (χ1v) is 9.39. The van der Waals surface area contributed by atoms with E-state index in [9.17, 15) is 18.0 Å². The third kappa shape index (κ3) is 4.35. The van der Waals surface area contributed by atoms with E-state index in [2.05, 4.69) is 26.4 Å². The van der Waals surface area contributed by atoms with Crippen LogP contribution < -0.4 is 11.1 Å². The Morgan fingerprint density at radius 2 is 2.12 bits per heavy atom. The number of nitrogens with zero attached hydrogens (tertiary/aromatic N) is 2. The summed E-state index contributed by atoms with van der Waals surface area (Å²) in [5.41, 5.74) is 5.39. The maximum Gasteiger partial charge on any atom is 0.266 e. The maximum atomic E-state index is 12.3. The van der Waals surface area contributed by atoms with Crippen LogP contribution in [0.1, 0.15) is 16.8 Å². The highest BCUT2D eigenvalue weighted by molar-refractivity contribution is 9.10. The van der Waals surface area contributed by atoms with Gasteiger partial charge in [0.1, 0.15) is 5.71 Å². The minimum Gasteiger partial charge on any atom is -0.390 e. The number of nitrogens with one attached hydrogen (secondary N) is 1. The molecular weight excluding hydrogens is 416 g/mol. The number of benzene rings is 1. The van der Waals surface area contributed by atoms with Gasteiger partial charge < -0.3 is 15.9 Å². The molecule has 1 aromatic rings. The summed E-state index contributed by atoms with van der Waals surface area (Å²) in [7, 11) is -0.889. The molecule has 0 fully saturated rings. The van der Waals surface area contributed by atoms with E-state index in [0.29, 0.717) is 4.47 Å². The second kappa shape index (κ2) is 7.50. The number of halogens is 1. The van der Waals surface area contributed by atoms with Crippen molar-refractivity contribution in [3.63, 3.8) is 0 Å². The van der Waals surface area contributed by atoms with Crippen LogP contribution >= 0.6 is 15.9 Å². The van der Waals surface area contributed by atoms with Gasteiger partial charge in [0, 0.05) is 30.6 Å². The summed E-state index contributed by atoms with van der Waals surface area (Å²) >= 11 is 3.18. The molecule has 0 unspecified atom stereocenters. The van der Waals surface area contributed by atoms with Crippen LogP contribution in [0.3, 0.4) is 0 Å². The molecule has 136 valence electrons. The van der Waals surface area contributed by atoms with Gasteiger partial charge in [-0.3, -0.25) is 9.59 Å². The lowest BCUT2D eigenvalue weighted by Crippen LogP contribution is -2.33. The normalized spacial score (nSPS) is 17.1. The molecule has 3 N–H and O–H groups in total. The van der Waals surface area contributed by atoms with Crippen LogP contribution in [0.25, 0.3) is 0 Å².